The first-order chi connectivity index (χ1) is 9.22. The summed E-state index contributed by atoms with van der Waals surface area (Å²) in [5.74, 6) is 1.28. The maximum atomic E-state index is 11.9. The van der Waals surface area contributed by atoms with Gasteiger partial charge in [0.2, 0.25) is 0 Å². The van der Waals surface area contributed by atoms with Crippen LogP contribution in [-0.4, -0.2) is 26.3 Å². The minimum absolute atomic E-state index is 0.185. The predicted molar refractivity (Wildman–Crippen MR) is 74.0 cm³/mol. The van der Waals surface area contributed by atoms with Crippen LogP contribution in [0.1, 0.15) is 25.7 Å². The quantitative estimate of drug-likeness (QED) is 0.879. The van der Waals surface area contributed by atoms with Crippen molar-refractivity contribution in [2.24, 2.45) is 0 Å². The molecule has 0 bridgehead atoms. The number of urea groups is 1. The van der Waals surface area contributed by atoms with Crippen LogP contribution in [0.3, 0.4) is 0 Å². The normalized spacial score (nSPS) is 15.1. The summed E-state index contributed by atoms with van der Waals surface area (Å²) in [7, 11) is 3.16. The highest BCUT2D eigenvalue weighted by atomic mass is 16.5. The minimum atomic E-state index is -0.185. The molecular weight excluding hydrogens is 244 g/mol. The number of methoxy groups -OCH3 is 2. The molecule has 0 radical (unpaired) electrons. The van der Waals surface area contributed by atoms with E-state index in [2.05, 4.69) is 10.6 Å². The first-order valence-electron chi connectivity index (χ1n) is 6.52. The molecule has 1 aliphatic rings. The van der Waals surface area contributed by atoms with Crippen LogP contribution in [0.5, 0.6) is 11.5 Å². The molecule has 1 aliphatic carbocycles. The molecule has 0 aromatic heterocycles. The first kappa shape index (κ1) is 13.5. The van der Waals surface area contributed by atoms with Crippen LogP contribution >= 0.6 is 0 Å². The number of amides is 2. The highest BCUT2D eigenvalue weighted by Gasteiger charge is 2.17. The second-order valence-corrected chi connectivity index (χ2v) is 4.65. The molecule has 1 aromatic rings. The SMILES string of the molecule is COc1ccc(NC(=O)NC2CCCC2)c(OC)c1. The zero-order valence-corrected chi connectivity index (χ0v) is 11.4. The lowest BCUT2D eigenvalue weighted by atomic mass is 10.2. The van der Waals surface area contributed by atoms with Crippen molar-refractivity contribution in [3.05, 3.63) is 18.2 Å². The van der Waals surface area contributed by atoms with Crippen LogP contribution in [0.25, 0.3) is 0 Å². The molecule has 5 heteroatoms. The van der Waals surface area contributed by atoms with Gasteiger partial charge >= 0.3 is 6.03 Å². The maximum absolute atomic E-state index is 11.9. The Morgan fingerprint density at radius 3 is 2.58 bits per heavy atom. The van der Waals surface area contributed by atoms with Crippen molar-refractivity contribution < 1.29 is 14.3 Å². The van der Waals surface area contributed by atoms with Gasteiger partial charge in [-0.1, -0.05) is 12.8 Å². The van der Waals surface area contributed by atoms with Crippen molar-refractivity contribution >= 4 is 11.7 Å². The van der Waals surface area contributed by atoms with Gasteiger partial charge in [-0.2, -0.15) is 0 Å². The number of carbonyl (C=O) groups excluding carboxylic acids is 1. The van der Waals surface area contributed by atoms with Gasteiger partial charge in [0.1, 0.15) is 11.5 Å². The van der Waals surface area contributed by atoms with Gasteiger partial charge in [0.15, 0.2) is 0 Å². The Kier molecular flexibility index (Phi) is 4.49. The lowest BCUT2D eigenvalue weighted by molar-refractivity contribution is 0.248. The summed E-state index contributed by atoms with van der Waals surface area (Å²) in [6, 6.07) is 5.41. The van der Waals surface area contributed by atoms with Gasteiger partial charge in [0, 0.05) is 12.1 Å². The molecule has 0 aliphatic heterocycles. The molecule has 0 unspecified atom stereocenters. The fraction of sp³-hybridized carbons (Fsp3) is 0.500. The fourth-order valence-electron chi connectivity index (χ4n) is 2.32. The zero-order valence-electron chi connectivity index (χ0n) is 11.4. The second kappa shape index (κ2) is 6.31. The van der Waals surface area contributed by atoms with Crippen LogP contribution in [0.15, 0.2) is 18.2 Å². The Bertz CT molecular complexity index is 442. The molecule has 0 atom stereocenters. The van der Waals surface area contributed by atoms with E-state index in [4.69, 9.17) is 9.47 Å². The van der Waals surface area contributed by atoms with Crippen LogP contribution < -0.4 is 20.1 Å². The van der Waals surface area contributed by atoms with Crippen molar-refractivity contribution in [3.63, 3.8) is 0 Å². The summed E-state index contributed by atoms with van der Waals surface area (Å²) in [6.45, 7) is 0. The van der Waals surface area contributed by atoms with Gasteiger partial charge in [-0.25, -0.2) is 4.79 Å². The molecule has 0 saturated heterocycles. The molecule has 1 aromatic carbocycles. The van der Waals surface area contributed by atoms with E-state index >= 15 is 0 Å². The molecule has 2 N–H and O–H groups in total. The van der Waals surface area contributed by atoms with Crippen LogP contribution in [0, 0.1) is 0 Å². The Morgan fingerprint density at radius 1 is 1.21 bits per heavy atom. The van der Waals surface area contributed by atoms with Crippen molar-refractivity contribution in [1.82, 2.24) is 5.32 Å². The lowest BCUT2D eigenvalue weighted by Gasteiger charge is -2.15. The van der Waals surface area contributed by atoms with Crippen LogP contribution in [-0.2, 0) is 0 Å². The third kappa shape index (κ3) is 3.53. The van der Waals surface area contributed by atoms with Gasteiger partial charge in [0.05, 0.1) is 19.9 Å². The maximum Gasteiger partial charge on any atom is 0.319 e. The summed E-state index contributed by atoms with van der Waals surface area (Å²) < 4.78 is 10.4. The number of rotatable bonds is 4. The molecule has 2 rings (SSSR count). The summed E-state index contributed by atoms with van der Waals surface area (Å²) >= 11 is 0. The lowest BCUT2D eigenvalue weighted by Crippen LogP contribution is -2.36. The average molecular weight is 264 g/mol. The fourth-order valence-corrected chi connectivity index (χ4v) is 2.32. The standard InChI is InChI=1S/C14H20N2O3/c1-18-11-7-8-12(13(9-11)19-2)16-14(17)15-10-5-3-4-6-10/h7-10H,3-6H2,1-2H3,(H2,15,16,17). The molecule has 0 spiro atoms. The Hall–Kier alpha value is -1.91. The van der Waals surface area contributed by atoms with E-state index in [0.29, 0.717) is 23.2 Å². The van der Waals surface area contributed by atoms with Gasteiger partial charge < -0.3 is 20.1 Å². The van der Waals surface area contributed by atoms with E-state index in [1.807, 2.05) is 0 Å². The Morgan fingerprint density at radius 2 is 1.95 bits per heavy atom. The minimum Gasteiger partial charge on any atom is -0.497 e. The van der Waals surface area contributed by atoms with Gasteiger partial charge in [0.25, 0.3) is 0 Å². The van der Waals surface area contributed by atoms with Crippen LogP contribution in [0.2, 0.25) is 0 Å². The monoisotopic (exact) mass is 264 g/mol. The number of hydrogen-bond acceptors (Lipinski definition) is 3. The van der Waals surface area contributed by atoms with Gasteiger partial charge in [-0.05, 0) is 25.0 Å². The number of carbonyl (C=O) groups is 1. The van der Waals surface area contributed by atoms with Crippen molar-refractivity contribution in [3.8, 4) is 11.5 Å². The molecule has 104 valence electrons. The van der Waals surface area contributed by atoms with Crippen LogP contribution in [0.4, 0.5) is 10.5 Å². The average Bonchev–Trinajstić information content (AvgIpc) is 2.91. The number of ether oxygens (including phenoxy) is 2. The number of benzene rings is 1. The van der Waals surface area contributed by atoms with E-state index in [-0.39, 0.29) is 6.03 Å². The largest absolute Gasteiger partial charge is 0.497 e. The molecule has 1 fully saturated rings. The zero-order chi connectivity index (χ0) is 13.7. The third-order valence-electron chi connectivity index (χ3n) is 3.35. The molecule has 5 nitrogen and oxygen atoms in total. The summed E-state index contributed by atoms with van der Waals surface area (Å²) in [5, 5.41) is 5.78. The molecule has 0 heterocycles. The van der Waals surface area contributed by atoms with E-state index in [0.717, 1.165) is 12.8 Å². The number of anilines is 1. The molecule has 19 heavy (non-hydrogen) atoms. The van der Waals surface area contributed by atoms with Crippen molar-refractivity contribution in [2.45, 2.75) is 31.7 Å². The summed E-state index contributed by atoms with van der Waals surface area (Å²) in [6.07, 6.45) is 4.51. The van der Waals surface area contributed by atoms with Crippen molar-refractivity contribution in [2.75, 3.05) is 19.5 Å². The van der Waals surface area contributed by atoms with E-state index in [9.17, 15) is 4.79 Å². The molecule has 1 saturated carbocycles. The Balaban J connectivity index is 1.99. The number of hydrogen-bond donors (Lipinski definition) is 2. The summed E-state index contributed by atoms with van der Waals surface area (Å²) in [4.78, 5) is 11.9. The molecular formula is C14H20N2O3. The molecule has 2 amide bonds. The van der Waals surface area contributed by atoms with Gasteiger partial charge in [-0.15, -0.1) is 0 Å². The number of nitrogens with one attached hydrogen (secondary N) is 2. The second-order valence-electron chi connectivity index (χ2n) is 4.65. The first-order valence-corrected chi connectivity index (χ1v) is 6.52. The van der Waals surface area contributed by atoms with E-state index < -0.39 is 0 Å². The highest BCUT2D eigenvalue weighted by molar-refractivity contribution is 5.91. The van der Waals surface area contributed by atoms with Gasteiger partial charge in [-0.3, -0.25) is 0 Å². The topological polar surface area (TPSA) is 59.6 Å². The van der Waals surface area contributed by atoms with E-state index in [1.54, 1.807) is 32.4 Å². The summed E-state index contributed by atoms with van der Waals surface area (Å²) in [5.41, 5.74) is 0.638. The van der Waals surface area contributed by atoms with Crippen molar-refractivity contribution in [1.29, 1.82) is 0 Å². The Labute approximate surface area is 113 Å². The predicted octanol–water partition coefficient (Wildman–Crippen LogP) is 2.77. The van der Waals surface area contributed by atoms with E-state index in [1.165, 1.54) is 12.8 Å². The highest BCUT2D eigenvalue weighted by Crippen LogP contribution is 2.29. The third-order valence-corrected chi connectivity index (χ3v) is 3.35. The smallest absolute Gasteiger partial charge is 0.319 e.